The molecule has 0 amide bonds. The fraction of sp³-hybridized carbons (Fsp3) is 0.231. The van der Waals surface area contributed by atoms with Gasteiger partial charge >= 0.3 is 0 Å². The Labute approximate surface area is 118 Å². The number of thiazole rings is 1. The molecule has 3 N–H and O–H groups in total. The Morgan fingerprint density at radius 1 is 1.20 bits per heavy atom. The Kier molecular flexibility index (Phi) is 2.53. The molecule has 3 aromatic rings. The van der Waals surface area contributed by atoms with Crippen LogP contribution in [0.1, 0.15) is 11.5 Å². The van der Waals surface area contributed by atoms with Crippen LogP contribution in [-0.2, 0) is 6.42 Å². The Hall–Kier alpha value is -2.28. The second-order valence-corrected chi connectivity index (χ2v) is 5.44. The van der Waals surface area contributed by atoms with E-state index in [2.05, 4.69) is 15.0 Å². The van der Waals surface area contributed by atoms with E-state index in [0.717, 1.165) is 34.1 Å². The molecule has 4 rings (SSSR count). The number of anilines is 1. The summed E-state index contributed by atoms with van der Waals surface area (Å²) in [6.45, 7) is 1.16. The van der Waals surface area contributed by atoms with Crippen LogP contribution in [0.25, 0.3) is 11.0 Å². The molecular weight excluding hydrogens is 276 g/mol. The number of aromatic amines is 1. The first-order chi connectivity index (χ1) is 9.78. The first kappa shape index (κ1) is 11.5. The van der Waals surface area contributed by atoms with Gasteiger partial charge in [0.05, 0.1) is 16.7 Å². The summed E-state index contributed by atoms with van der Waals surface area (Å²) in [6.07, 6.45) is 0.634. The molecule has 1 aromatic carbocycles. The predicted molar refractivity (Wildman–Crippen MR) is 76.4 cm³/mol. The van der Waals surface area contributed by atoms with E-state index in [4.69, 9.17) is 15.2 Å². The van der Waals surface area contributed by atoms with Crippen molar-refractivity contribution in [2.45, 2.75) is 6.42 Å². The summed E-state index contributed by atoms with van der Waals surface area (Å²) >= 11 is 1.44. The first-order valence-electron chi connectivity index (χ1n) is 6.26. The summed E-state index contributed by atoms with van der Waals surface area (Å²) in [5.74, 6) is 2.37. The van der Waals surface area contributed by atoms with Gasteiger partial charge in [0.25, 0.3) is 0 Å². The lowest BCUT2D eigenvalue weighted by Crippen LogP contribution is -2.15. The van der Waals surface area contributed by atoms with Gasteiger partial charge in [-0.25, -0.2) is 9.97 Å². The minimum atomic E-state index is 0.577. The number of benzene rings is 1. The van der Waals surface area contributed by atoms with Gasteiger partial charge in [-0.05, 0) is 0 Å². The zero-order valence-electron chi connectivity index (χ0n) is 10.5. The number of nitrogens with one attached hydrogen (secondary N) is 1. The van der Waals surface area contributed by atoms with Crippen LogP contribution in [0.3, 0.4) is 0 Å². The number of nitrogens with two attached hydrogens (primary N) is 1. The fourth-order valence-corrected chi connectivity index (χ4v) is 2.82. The summed E-state index contributed by atoms with van der Waals surface area (Å²) < 4.78 is 11.1. The normalized spacial score (nSPS) is 13.8. The number of imidazole rings is 1. The molecule has 3 heterocycles. The second-order valence-electron chi connectivity index (χ2n) is 4.55. The quantitative estimate of drug-likeness (QED) is 0.753. The van der Waals surface area contributed by atoms with Gasteiger partial charge in [-0.1, -0.05) is 0 Å². The van der Waals surface area contributed by atoms with Crippen LogP contribution in [-0.4, -0.2) is 28.2 Å². The van der Waals surface area contributed by atoms with Gasteiger partial charge in [-0.3, -0.25) is 0 Å². The minimum Gasteiger partial charge on any atom is -0.486 e. The molecule has 2 aromatic heterocycles. The van der Waals surface area contributed by atoms with Crippen molar-refractivity contribution in [1.82, 2.24) is 15.0 Å². The summed E-state index contributed by atoms with van der Waals surface area (Å²) in [4.78, 5) is 12.1. The van der Waals surface area contributed by atoms with E-state index in [1.807, 2.05) is 17.5 Å². The largest absolute Gasteiger partial charge is 0.486 e. The zero-order valence-corrected chi connectivity index (χ0v) is 11.4. The van der Waals surface area contributed by atoms with Crippen LogP contribution in [0, 0.1) is 0 Å². The average molecular weight is 288 g/mol. The number of ether oxygens (including phenoxy) is 2. The summed E-state index contributed by atoms with van der Waals surface area (Å²) in [5, 5.41) is 2.52. The van der Waals surface area contributed by atoms with Crippen molar-refractivity contribution in [2.24, 2.45) is 0 Å². The molecule has 102 valence electrons. The van der Waals surface area contributed by atoms with Crippen LogP contribution in [0.4, 0.5) is 5.13 Å². The zero-order chi connectivity index (χ0) is 13.5. The maximum atomic E-state index is 5.63. The summed E-state index contributed by atoms with van der Waals surface area (Å²) in [7, 11) is 0. The summed E-state index contributed by atoms with van der Waals surface area (Å²) in [5.41, 5.74) is 8.36. The highest BCUT2D eigenvalue weighted by molar-refractivity contribution is 7.13. The molecule has 0 saturated heterocycles. The Bertz CT molecular complexity index is 737. The fourth-order valence-electron chi connectivity index (χ4n) is 2.26. The molecule has 0 unspecified atom stereocenters. The van der Waals surface area contributed by atoms with Crippen LogP contribution in [0.15, 0.2) is 17.5 Å². The lowest BCUT2D eigenvalue weighted by molar-refractivity contribution is 0.172. The molecule has 0 spiro atoms. The Morgan fingerprint density at radius 2 is 2.00 bits per heavy atom. The number of aromatic nitrogens is 3. The topological polar surface area (TPSA) is 86.1 Å². The van der Waals surface area contributed by atoms with Gasteiger partial charge in [0.2, 0.25) is 0 Å². The third-order valence-electron chi connectivity index (χ3n) is 3.11. The van der Waals surface area contributed by atoms with E-state index in [1.54, 1.807) is 0 Å². The van der Waals surface area contributed by atoms with Crippen molar-refractivity contribution in [3.8, 4) is 11.5 Å². The molecule has 0 atom stereocenters. The van der Waals surface area contributed by atoms with Crippen molar-refractivity contribution < 1.29 is 9.47 Å². The van der Waals surface area contributed by atoms with Gasteiger partial charge < -0.3 is 20.2 Å². The molecule has 1 aliphatic heterocycles. The smallest absolute Gasteiger partial charge is 0.180 e. The van der Waals surface area contributed by atoms with Crippen molar-refractivity contribution in [3.63, 3.8) is 0 Å². The number of hydrogen-bond donors (Lipinski definition) is 2. The van der Waals surface area contributed by atoms with Crippen LogP contribution >= 0.6 is 11.3 Å². The molecule has 0 bridgehead atoms. The molecule has 0 saturated carbocycles. The minimum absolute atomic E-state index is 0.577. The molecule has 1 aliphatic rings. The van der Waals surface area contributed by atoms with Crippen LogP contribution in [0.5, 0.6) is 11.5 Å². The highest BCUT2D eigenvalue weighted by Crippen LogP contribution is 2.33. The van der Waals surface area contributed by atoms with Crippen LogP contribution in [0.2, 0.25) is 0 Å². The maximum absolute atomic E-state index is 5.63. The average Bonchev–Trinajstić information content (AvgIpc) is 3.01. The molecule has 6 nitrogen and oxygen atoms in total. The van der Waals surface area contributed by atoms with E-state index in [9.17, 15) is 0 Å². The molecule has 0 fully saturated rings. The highest BCUT2D eigenvalue weighted by atomic mass is 32.1. The molecule has 20 heavy (non-hydrogen) atoms. The first-order valence-corrected chi connectivity index (χ1v) is 7.14. The Balaban J connectivity index is 1.71. The van der Waals surface area contributed by atoms with E-state index in [-0.39, 0.29) is 0 Å². The van der Waals surface area contributed by atoms with Gasteiger partial charge in [0, 0.05) is 23.9 Å². The van der Waals surface area contributed by atoms with Crippen molar-refractivity contribution in [1.29, 1.82) is 0 Å². The molecular formula is C13H12N4O2S. The number of rotatable bonds is 2. The van der Waals surface area contributed by atoms with Crippen molar-refractivity contribution in [2.75, 3.05) is 18.9 Å². The standard InChI is InChI=1S/C13H12N4O2S/c14-13-15-7(6-20-13)3-12-16-8-4-10-11(5-9(8)17-12)19-2-1-18-10/h4-6H,1-3H2,(H2,14,15)(H,16,17). The SMILES string of the molecule is Nc1nc(Cc2nc3cc4c(cc3[nH]2)OCCO4)cs1. The van der Waals surface area contributed by atoms with E-state index < -0.39 is 0 Å². The number of fused-ring (bicyclic) bond motifs is 2. The molecule has 0 radical (unpaired) electrons. The number of H-pyrrole nitrogens is 1. The predicted octanol–water partition coefficient (Wildman–Crippen LogP) is 1.96. The molecule has 7 heteroatoms. The lowest BCUT2D eigenvalue weighted by Gasteiger charge is -2.17. The Morgan fingerprint density at radius 3 is 2.75 bits per heavy atom. The van der Waals surface area contributed by atoms with Gasteiger partial charge in [0.1, 0.15) is 19.0 Å². The second kappa shape index (κ2) is 4.38. The van der Waals surface area contributed by atoms with E-state index in [1.165, 1.54) is 11.3 Å². The maximum Gasteiger partial charge on any atom is 0.180 e. The number of nitrogens with zero attached hydrogens (tertiary/aromatic N) is 2. The van der Waals surface area contributed by atoms with E-state index >= 15 is 0 Å². The van der Waals surface area contributed by atoms with Gasteiger partial charge in [-0.2, -0.15) is 0 Å². The monoisotopic (exact) mass is 288 g/mol. The third kappa shape index (κ3) is 1.96. The van der Waals surface area contributed by atoms with E-state index in [0.29, 0.717) is 24.8 Å². The number of nitrogen functional groups attached to an aromatic ring is 1. The highest BCUT2D eigenvalue weighted by Gasteiger charge is 2.15. The summed E-state index contributed by atoms with van der Waals surface area (Å²) in [6, 6.07) is 3.83. The molecule has 0 aliphatic carbocycles. The number of hydrogen-bond acceptors (Lipinski definition) is 6. The van der Waals surface area contributed by atoms with Gasteiger partial charge in [0.15, 0.2) is 16.6 Å². The van der Waals surface area contributed by atoms with Crippen molar-refractivity contribution >= 4 is 27.5 Å². The third-order valence-corrected chi connectivity index (χ3v) is 3.84. The van der Waals surface area contributed by atoms with Crippen LogP contribution < -0.4 is 15.2 Å². The van der Waals surface area contributed by atoms with Gasteiger partial charge in [-0.15, -0.1) is 11.3 Å². The van der Waals surface area contributed by atoms with Crippen molar-refractivity contribution in [3.05, 3.63) is 29.0 Å². The lowest BCUT2D eigenvalue weighted by atomic mass is 10.2.